The molecule has 0 radical (unpaired) electrons. The molecular weight excluding hydrogens is 824 g/mol. The highest BCUT2D eigenvalue weighted by molar-refractivity contribution is 9.11. The molecule has 0 aromatic heterocycles. The highest BCUT2D eigenvalue weighted by Crippen LogP contribution is 2.44. The summed E-state index contributed by atoms with van der Waals surface area (Å²) < 4.78 is 70.9. The molecule has 0 aliphatic heterocycles. The van der Waals surface area contributed by atoms with E-state index in [-0.39, 0.29) is 71.2 Å². The zero-order chi connectivity index (χ0) is 36.7. The van der Waals surface area contributed by atoms with Crippen molar-refractivity contribution in [3.8, 4) is 0 Å². The molecule has 0 unspecified atom stereocenters. The van der Waals surface area contributed by atoms with Crippen LogP contribution in [0.15, 0.2) is 67.3 Å². The largest absolute Gasteiger partial charge is 0.354 e. The second-order valence-electron chi connectivity index (χ2n) is 12.3. The fraction of sp³-hybridized carbons (Fsp3) is 0.297. The normalized spacial score (nSPS) is 12.6. The van der Waals surface area contributed by atoms with Gasteiger partial charge in [0.25, 0.3) is 20.2 Å². The van der Waals surface area contributed by atoms with Crippen LogP contribution in [0.5, 0.6) is 0 Å². The van der Waals surface area contributed by atoms with E-state index in [1.807, 2.05) is 13.8 Å². The Balaban J connectivity index is 0.00000583. The third-order valence-electron chi connectivity index (χ3n) is 8.70. The van der Waals surface area contributed by atoms with E-state index in [9.17, 15) is 35.5 Å². The first-order chi connectivity index (χ1) is 23.5. The van der Waals surface area contributed by atoms with Gasteiger partial charge in [-0.25, -0.2) is 0 Å². The monoisotopic (exact) mass is 862 g/mol. The molecule has 4 aromatic rings. The third kappa shape index (κ3) is 7.86. The molecule has 0 heterocycles. The molecule has 4 N–H and O–H groups in total. The zero-order valence-corrected chi connectivity index (χ0v) is 32.6. The maximum atomic E-state index is 14.2. The Bertz CT molecular complexity index is 2130. The molecule has 14 heteroatoms. The van der Waals surface area contributed by atoms with E-state index in [2.05, 4.69) is 42.5 Å². The van der Waals surface area contributed by atoms with Crippen molar-refractivity contribution in [2.75, 3.05) is 10.6 Å². The molecule has 0 fully saturated rings. The van der Waals surface area contributed by atoms with Crippen LogP contribution in [-0.2, 0) is 33.1 Å². The van der Waals surface area contributed by atoms with Gasteiger partial charge in [0.2, 0.25) is 0 Å². The van der Waals surface area contributed by atoms with Crippen LogP contribution in [0.3, 0.4) is 0 Å². The number of anilines is 4. The van der Waals surface area contributed by atoms with Crippen LogP contribution in [0, 0.1) is 13.8 Å². The van der Waals surface area contributed by atoms with Gasteiger partial charge in [0, 0.05) is 11.1 Å². The molecule has 10 nitrogen and oxygen atoms in total. The maximum absolute atomic E-state index is 14.2. The molecule has 0 amide bonds. The number of ketones is 2. The van der Waals surface area contributed by atoms with E-state index >= 15 is 0 Å². The predicted molar refractivity (Wildman–Crippen MR) is 208 cm³/mol. The molecule has 4 aromatic carbocycles. The first-order valence-electron chi connectivity index (χ1n) is 16.0. The van der Waals surface area contributed by atoms with Crippen LogP contribution in [0.2, 0.25) is 0 Å². The van der Waals surface area contributed by atoms with Gasteiger partial charge in [-0.3, -0.25) is 18.7 Å². The summed E-state index contributed by atoms with van der Waals surface area (Å²) in [6.07, 6.45) is 3.84. The van der Waals surface area contributed by atoms with Gasteiger partial charge in [-0.2, -0.15) is 16.8 Å². The fourth-order valence-electron chi connectivity index (χ4n) is 6.32. The minimum Gasteiger partial charge on any atom is -0.354 e. The minimum absolute atomic E-state index is 0. The van der Waals surface area contributed by atoms with Crippen LogP contribution in [0.4, 0.5) is 22.7 Å². The molecule has 1 aliphatic rings. The summed E-state index contributed by atoms with van der Waals surface area (Å²) in [7, 11) is -9.32. The first kappa shape index (κ1) is 40.4. The van der Waals surface area contributed by atoms with E-state index in [0.29, 0.717) is 47.9 Å². The van der Waals surface area contributed by atoms with Crippen LogP contribution in [-0.4, -0.2) is 37.5 Å². The van der Waals surface area contributed by atoms with Gasteiger partial charge in [-0.1, -0.05) is 70.5 Å². The standard InChI is InChI=1S/C36H36Br2N2O8S2.CH4/c1-5-7-11-21-17-19(3)31(29(37)35(21)49(43,44)45)39-25-15-16-26(28-27(25)33(41)23-13-9-10-14-24(23)34(28)42)40-32-20(4)18-22(12-8-6-2)36(30(32)38)50(46,47)48;/h9-10,13-18,39-40H,5-8,11-12H2,1-4H3,(H,43,44,45)(H,46,47,48);1H4. The molecular formula is C37H40Br2N2O8S2. The van der Waals surface area contributed by atoms with Crippen molar-refractivity contribution in [1.29, 1.82) is 0 Å². The number of nitrogens with one attached hydrogen (secondary N) is 2. The van der Waals surface area contributed by atoms with Crippen LogP contribution >= 0.6 is 31.9 Å². The van der Waals surface area contributed by atoms with Gasteiger partial charge < -0.3 is 10.6 Å². The van der Waals surface area contributed by atoms with Gasteiger partial charge in [-0.05, 0) is 106 Å². The smallest absolute Gasteiger partial charge is 0.296 e. The van der Waals surface area contributed by atoms with E-state index < -0.39 is 31.8 Å². The Hall–Kier alpha value is -3.40. The fourth-order valence-corrected chi connectivity index (χ4v) is 10.5. The molecule has 0 saturated heterocycles. The Morgan fingerprint density at radius 1 is 0.647 bits per heavy atom. The highest BCUT2D eigenvalue weighted by atomic mass is 79.9. The number of carbonyl (C=O) groups excluding carboxylic acids is 2. The van der Waals surface area contributed by atoms with E-state index in [1.54, 1.807) is 62.4 Å². The highest BCUT2D eigenvalue weighted by Gasteiger charge is 2.35. The number of unbranched alkanes of at least 4 members (excludes halogenated alkanes) is 2. The van der Waals surface area contributed by atoms with Crippen molar-refractivity contribution in [3.05, 3.63) is 102 Å². The molecule has 0 atom stereocenters. The molecule has 51 heavy (non-hydrogen) atoms. The summed E-state index contributed by atoms with van der Waals surface area (Å²) in [6, 6.07) is 12.9. The minimum atomic E-state index is -4.66. The van der Waals surface area contributed by atoms with E-state index in [1.165, 1.54) is 0 Å². The first-order valence-corrected chi connectivity index (χ1v) is 20.5. The lowest BCUT2D eigenvalue weighted by molar-refractivity contribution is 0.0980. The summed E-state index contributed by atoms with van der Waals surface area (Å²) in [5.41, 5.74) is 3.48. The van der Waals surface area contributed by atoms with Crippen LogP contribution < -0.4 is 10.6 Å². The van der Waals surface area contributed by atoms with Gasteiger partial charge in [-0.15, -0.1) is 0 Å². The number of hydrogen-bond acceptors (Lipinski definition) is 8. The van der Waals surface area contributed by atoms with Crippen molar-refractivity contribution in [3.63, 3.8) is 0 Å². The summed E-state index contributed by atoms with van der Waals surface area (Å²) >= 11 is 6.79. The Morgan fingerprint density at radius 3 is 1.31 bits per heavy atom. The maximum Gasteiger partial charge on any atom is 0.296 e. The topological polar surface area (TPSA) is 167 Å². The average molecular weight is 865 g/mol. The number of carbonyl (C=O) groups is 2. The lowest BCUT2D eigenvalue weighted by Crippen LogP contribution is -2.23. The lowest BCUT2D eigenvalue weighted by Gasteiger charge is -2.26. The number of fused-ring (bicyclic) bond motifs is 2. The summed E-state index contributed by atoms with van der Waals surface area (Å²) in [5, 5.41) is 6.34. The van der Waals surface area contributed by atoms with Crippen molar-refractivity contribution in [2.45, 2.75) is 83.4 Å². The molecule has 0 saturated carbocycles. The van der Waals surface area contributed by atoms with Crippen molar-refractivity contribution in [2.24, 2.45) is 0 Å². The van der Waals surface area contributed by atoms with Crippen molar-refractivity contribution >= 4 is 86.4 Å². The van der Waals surface area contributed by atoms with Crippen LogP contribution in [0.1, 0.15) is 101 Å². The zero-order valence-electron chi connectivity index (χ0n) is 27.8. The van der Waals surface area contributed by atoms with Gasteiger partial charge in [0.1, 0.15) is 9.79 Å². The SMILES string of the molecule is C.CCCCc1cc(C)c(Nc2ccc(Nc3c(C)cc(CCCC)c(S(=O)(=O)O)c3Br)c3c2C(=O)c2ccccc2C3=O)c(Br)c1S(=O)(=O)O. The second-order valence-corrected chi connectivity index (χ2v) is 16.6. The molecule has 272 valence electrons. The Morgan fingerprint density at radius 2 is 1.00 bits per heavy atom. The number of aryl methyl sites for hydroxylation is 4. The third-order valence-corrected chi connectivity index (χ3v) is 12.8. The number of halogens is 2. The summed E-state index contributed by atoms with van der Waals surface area (Å²) in [6.45, 7) is 7.47. The molecule has 5 rings (SSSR count). The van der Waals surface area contributed by atoms with Gasteiger partial charge in [0.05, 0.1) is 42.8 Å². The van der Waals surface area contributed by atoms with Crippen LogP contribution in [0.25, 0.3) is 0 Å². The second kappa shape index (κ2) is 15.7. The number of benzene rings is 4. The number of rotatable bonds is 12. The predicted octanol–water partition coefficient (Wildman–Crippen LogP) is 9.91. The van der Waals surface area contributed by atoms with Gasteiger partial charge in [0.15, 0.2) is 11.6 Å². The Kier molecular flexibility index (Phi) is 12.4. The van der Waals surface area contributed by atoms with E-state index in [0.717, 1.165) is 12.8 Å². The number of hydrogen-bond donors (Lipinski definition) is 4. The molecule has 0 bridgehead atoms. The van der Waals surface area contributed by atoms with Crippen molar-refractivity contribution < 1.29 is 35.5 Å². The lowest BCUT2D eigenvalue weighted by atomic mass is 9.82. The van der Waals surface area contributed by atoms with Crippen molar-refractivity contribution in [1.82, 2.24) is 0 Å². The molecule has 1 aliphatic carbocycles. The van der Waals surface area contributed by atoms with Gasteiger partial charge >= 0.3 is 0 Å². The average Bonchev–Trinajstić information content (AvgIpc) is 3.03. The summed E-state index contributed by atoms with van der Waals surface area (Å²) in [5.74, 6) is -0.928. The summed E-state index contributed by atoms with van der Waals surface area (Å²) in [4.78, 5) is 27.9. The Labute approximate surface area is 316 Å². The molecule has 0 spiro atoms. The quantitative estimate of drug-likeness (QED) is 0.0887. The van der Waals surface area contributed by atoms with E-state index in [4.69, 9.17) is 0 Å².